The van der Waals surface area contributed by atoms with E-state index >= 15 is 0 Å². The topological polar surface area (TPSA) is 37.3 Å². The van der Waals surface area contributed by atoms with Gasteiger partial charge in [-0.1, -0.05) is 28.1 Å². The number of carbonyl (C=O) groups is 1. The van der Waals surface area contributed by atoms with Crippen LogP contribution in [0.5, 0.6) is 0 Å². The molecule has 1 aromatic carbocycles. The van der Waals surface area contributed by atoms with Crippen molar-refractivity contribution < 1.29 is 9.90 Å². The summed E-state index contributed by atoms with van der Waals surface area (Å²) in [6.45, 7) is 1.50. The van der Waals surface area contributed by atoms with Gasteiger partial charge in [0.25, 0.3) is 0 Å². The van der Waals surface area contributed by atoms with Crippen LogP contribution in [0.1, 0.15) is 12.5 Å². The van der Waals surface area contributed by atoms with Crippen LogP contribution in [0.25, 0.3) is 0 Å². The first-order chi connectivity index (χ1) is 6.42. The van der Waals surface area contributed by atoms with Crippen molar-refractivity contribution in [3.63, 3.8) is 0 Å². The van der Waals surface area contributed by atoms with Gasteiger partial charge in [0.2, 0.25) is 0 Å². The van der Waals surface area contributed by atoms with Crippen LogP contribution in [-0.2, 0) is 11.2 Å². The summed E-state index contributed by atoms with van der Waals surface area (Å²) in [5.41, 5.74) is 0.902. The third-order valence-electron chi connectivity index (χ3n) is 1.87. The Bertz CT molecular complexity index is 350. The minimum Gasteiger partial charge on any atom is -0.480 e. The molecular formula is C10H10BrClO2. The Balaban J connectivity index is 2.83. The summed E-state index contributed by atoms with van der Waals surface area (Å²) in [6, 6.07) is 7.46. The first-order valence-corrected chi connectivity index (χ1v) is 5.26. The number of aliphatic carboxylic acids is 1. The van der Waals surface area contributed by atoms with Crippen molar-refractivity contribution >= 4 is 33.5 Å². The molecule has 0 saturated heterocycles. The van der Waals surface area contributed by atoms with Crippen molar-refractivity contribution in [1.29, 1.82) is 0 Å². The van der Waals surface area contributed by atoms with E-state index in [4.69, 9.17) is 16.7 Å². The number of benzene rings is 1. The van der Waals surface area contributed by atoms with Crippen LogP contribution in [0.15, 0.2) is 28.7 Å². The highest BCUT2D eigenvalue weighted by atomic mass is 79.9. The molecule has 1 aromatic rings. The average Bonchev–Trinajstić information content (AvgIpc) is 2.02. The Morgan fingerprint density at radius 2 is 2.29 bits per heavy atom. The van der Waals surface area contributed by atoms with Crippen LogP contribution in [0, 0.1) is 0 Å². The first kappa shape index (κ1) is 11.5. The van der Waals surface area contributed by atoms with Gasteiger partial charge in [0.15, 0.2) is 0 Å². The van der Waals surface area contributed by atoms with Gasteiger partial charge in [-0.3, -0.25) is 4.79 Å². The molecule has 0 spiro atoms. The number of carboxylic acid groups (broad SMARTS) is 1. The molecule has 14 heavy (non-hydrogen) atoms. The average molecular weight is 278 g/mol. The minimum absolute atomic E-state index is 0.309. The quantitative estimate of drug-likeness (QED) is 0.862. The van der Waals surface area contributed by atoms with Gasteiger partial charge in [-0.15, -0.1) is 11.6 Å². The Morgan fingerprint density at radius 1 is 1.64 bits per heavy atom. The number of hydrogen-bond acceptors (Lipinski definition) is 1. The lowest BCUT2D eigenvalue weighted by Gasteiger charge is -2.16. The second-order valence-corrected chi connectivity index (χ2v) is 5.06. The molecule has 0 aliphatic rings. The van der Waals surface area contributed by atoms with Crippen molar-refractivity contribution in [3.05, 3.63) is 34.3 Å². The Morgan fingerprint density at radius 3 is 2.79 bits per heavy atom. The summed E-state index contributed by atoms with van der Waals surface area (Å²) in [5.74, 6) is -1.00. The number of carboxylic acids is 1. The van der Waals surface area contributed by atoms with E-state index < -0.39 is 10.8 Å². The SMILES string of the molecule is CC(Cl)(Cc1cccc(Br)c1)C(=O)O. The van der Waals surface area contributed by atoms with E-state index in [9.17, 15) is 4.79 Å². The van der Waals surface area contributed by atoms with Crippen LogP contribution in [0.2, 0.25) is 0 Å². The van der Waals surface area contributed by atoms with Crippen LogP contribution in [-0.4, -0.2) is 16.0 Å². The Labute approximate surface area is 96.0 Å². The first-order valence-electron chi connectivity index (χ1n) is 4.08. The van der Waals surface area contributed by atoms with E-state index in [0.29, 0.717) is 6.42 Å². The zero-order chi connectivity index (χ0) is 10.8. The molecule has 1 N–H and O–H groups in total. The lowest BCUT2D eigenvalue weighted by atomic mass is 10.0. The summed E-state index contributed by atoms with van der Waals surface area (Å²) in [7, 11) is 0. The van der Waals surface area contributed by atoms with Crippen molar-refractivity contribution in [2.45, 2.75) is 18.2 Å². The molecule has 0 aliphatic heterocycles. The van der Waals surface area contributed by atoms with Gasteiger partial charge in [0.05, 0.1) is 0 Å². The molecule has 0 radical (unpaired) electrons. The molecule has 0 heterocycles. The molecule has 1 atom stereocenters. The molecule has 0 bridgehead atoms. The van der Waals surface area contributed by atoms with E-state index in [2.05, 4.69) is 15.9 Å². The molecule has 0 aliphatic carbocycles. The van der Waals surface area contributed by atoms with E-state index in [1.807, 2.05) is 24.3 Å². The van der Waals surface area contributed by atoms with E-state index in [0.717, 1.165) is 10.0 Å². The molecule has 1 unspecified atom stereocenters. The molecule has 76 valence electrons. The minimum atomic E-state index is -1.24. The van der Waals surface area contributed by atoms with Gasteiger partial charge < -0.3 is 5.11 Å². The van der Waals surface area contributed by atoms with E-state index in [1.165, 1.54) is 6.92 Å². The monoisotopic (exact) mass is 276 g/mol. The standard InChI is InChI=1S/C10H10BrClO2/c1-10(12,9(13)14)6-7-3-2-4-8(11)5-7/h2-5H,6H2,1H3,(H,13,14). The van der Waals surface area contributed by atoms with Crippen molar-refractivity contribution in [1.82, 2.24) is 0 Å². The van der Waals surface area contributed by atoms with Crippen LogP contribution < -0.4 is 0 Å². The Kier molecular flexibility index (Phi) is 3.56. The maximum atomic E-state index is 10.8. The number of halogens is 2. The van der Waals surface area contributed by atoms with Gasteiger partial charge in [-0.25, -0.2) is 0 Å². The lowest BCUT2D eigenvalue weighted by Crippen LogP contribution is -2.30. The summed E-state index contributed by atoms with van der Waals surface area (Å²) >= 11 is 9.16. The number of rotatable bonds is 3. The second-order valence-electron chi connectivity index (χ2n) is 3.31. The highest BCUT2D eigenvalue weighted by Crippen LogP contribution is 2.22. The van der Waals surface area contributed by atoms with Gasteiger partial charge in [0.1, 0.15) is 4.87 Å². The lowest BCUT2D eigenvalue weighted by molar-refractivity contribution is -0.139. The van der Waals surface area contributed by atoms with Gasteiger partial charge >= 0.3 is 5.97 Å². The maximum Gasteiger partial charge on any atom is 0.324 e. The summed E-state index contributed by atoms with van der Waals surface area (Å²) < 4.78 is 0.924. The summed E-state index contributed by atoms with van der Waals surface area (Å²) in [5, 5.41) is 8.83. The van der Waals surface area contributed by atoms with Crippen molar-refractivity contribution in [2.24, 2.45) is 0 Å². The molecule has 0 fully saturated rings. The highest BCUT2D eigenvalue weighted by Gasteiger charge is 2.30. The van der Waals surface area contributed by atoms with E-state index in [-0.39, 0.29) is 0 Å². The molecule has 0 saturated carbocycles. The van der Waals surface area contributed by atoms with Crippen LogP contribution in [0.3, 0.4) is 0 Å². The summed E-state index contributed by atoms with van der Waals surface area (Å²) in [4.78, 5) is 9.53. The zero-order valence-corrected chi connectivity index (χ0v) is 9.97. The van der Waals surface area contributed by atoms with Gasteiger partial charge in [-0.2, -0.15) is 0 Å². The number of alkyl halides is 1. The largest absolute Gasteiger partial charge is 0.480 e. The van der Waals surface area contributed by atoms with Crippen LogP contribution >= 0.6 is 27.5 Å². The fourth-order valence-electron chi connectivity index (χ4n) is 1.11. The molecule has 4 heteroatoms. The van der Waals surface area contributed by atoms with Gasteiger partial charge in [-0.05, 0) is 24.6 Å². The third-order valence-corrected chi connectivity index (χ3v) is 2.66. The second kappa shape index (κ2) is 4.32. The van der Waals surface area contributed by atoms with Crippen molar-refractivity contribution in [3.8, 4) is 0 Å². The highest BCUT2D eigenvalue weighted by molar-refractivity contribution is 9.10. The Hall–Kier alpha value is -0.540. The van der Waals surface area contributed by atoms with Crippen LogP contribution in [0.4, 0.5) is 0 Å². The number of hydrogen-bond donors (Lipinski definition) is 1. The third kappa shape index (κ3) is 3.00. The van der Waals surface area contributed by atoms with Crippen molar-refractivity contribution in [2.75, 3.05) is 0 Å². The summed E-state index contributed by atoms with van der Waals surface area (Å²) in [6.07, 6.45) is 0.309. The fourth-order valence-corrected chi connectivity index (χ4v) is 1.71. The fraction of sp³-hybridized carbons (Fsp3) is 0.300. The predicted octanol–water partition coefficient (Wildman–Crippen LogP) is 3.07. The maximum absolute atomic E-state index is 10.8. The molecule has 0 amide bonds. The molecule has 0 aromatic heterocycles. The normalized spacial score (nSPS) is 14.8. The smallest absolute Gasteiger partial charge is 0.324 e. The molecular weight excluding hydrogens is 267 g/mol. The molecule has 1 rings (SSSR count). The van der Waals surface area contributed by atoms with E-state index in [1.54, 1.807) is 0 Å². The van der Waals surface area contributed by atoms with Gasteiger partial charge in [0, 0.05) is 10.9 Å². The zero-order valence-electron chi connectivity index (χ0n) is 7.63. The molecule has 2 nitrogen and oxygen atoms in total. The predicted molar refractivity (Wildman–Crippen MR) is 59.7 cm³/mol.